The van der Waals surface area contributed by atoms with Gasteiger partial charge in [0.2, 0.25) is 0 Å². The molecule has 0 saturated heterocycles. The summed E-state index contributed by atoms with van der Waals surface area (Å²) >= 11 is 0. The quantitative estimate of drug-likeness (QED) is 0.660. The number of allylic oxidation sites excluding steroid dienone is 1. The fraction of sp³-hybridized carbons (Fsp3) is 0.200. The Balaban J connectivity index is 2.65. The van der Waals surface area contributed by atoms with Crippen LogP contribution >= 0.6 is 0 Å². The van der Waals surface area contributed by atoms with Gasteiger partial charge in [0.1, 0.15) is 0 Å². The number of aromatic nitrogens is 3. The van der Waals surface area contributed by atoms with Gasteiger partial charge >= 0.3 is 0 Å². The summed E-state index contributed by atoms with van der Waals surface area (Å²) in [6, 6.07) is 2.08. The maximum atomic E-state index is 4.24. The molecule has 2 aromatic heterocycles. The molecule has 0 aliphatic heterocycles. The van der Waals surface area contributed by atoms with Crippen LogP contribution in [-0.4, -0.2) is 14.5 Å². The van der Waals surface area contributed by atoms with E-state index in [2.05, 4.69) is 16.0 Å². The van der Waals surface area contributed by atoms with Crippen LogP contribution in [0.4, 0.5) is 0 Å². The summed E-state index contributed by atoms with van der Waals surface area (Å²) in [4.78, 5) is 8.38. The van der Waals surface area contributed by atoms with E-state index in [1.807, 2.05) is 36.9 Å². The predicted octanol–water partition coefficient (Wildman–Crippen LogP) is 2.00. The van der Waals surface area contributed by atoms with Crippen molar-refractivity contribution in [1.29, 1.82) is 0 Å². The van der Waals surface area contributed by atoms with Gasteiger partial charge in [0.05, 0.1) is 11.8 Å². The Morgan fingerprint density at radius 2 is 2.23 bits per heavy atom. The van der Waals surface area contributed by atoms with E-state index in [4.69, 9.17) is 0 Å². The smallest absolute Gasteiger partial charge is 0.177 e. The highest BCUT2D eigenvalue weighted by Gasteiger charge is 1.99. The number of hydrogen-bond donors (Lipinski definition) is 0. The largest absolute Gasteiger partial charge is 0.332 e. The summed E-state index contributed by atoms with van der Waals surface area (Å²) in [7, 11) is 1.97. The van der Waals surface area contributed by atoms with Crippen LogP contribution in [0.2, 0.25) is 0 Å². The van der Waals surface area contributed by atoms with Crippen molar-refractivity contribution in [2.24, 2.45) is 7.05 Å². The molecular weight excluding hydrogens is 162 g/mol. The van der Waals surface area contributed by atoms with Crippen molar-refractivity contribution in [1.82, 2.24) is 14.5 Å². The third-order valence-corrected chi connectivity index (χ3v) is 1.96. The molecule has 0 N–H and O–H groups in total. The van der Waals surface area contributed by atoms with Crippen LogP contribution in [0.5, 0.6) is 0 Å². The fourth-order valence-corrected chi connectivity index (χ4v) is 1.31. The van der Waals surface area contributed by atoms with Crippen molar-refractivity contribution >= 4 is 17.2 Å². The van der Waals surface area contributed by atoms with Gasteiger partial charge < -0.3 is 4.57 Å². The Morgan fingerprint density at radius 3 is 3.00 bits per heavy atom. The first-order valence-electron chi connectivity index (χ1n) is 4.21. The van der Waals surface area contributed by atoms with Crippen LogP contribution in [0, 0.1) is 0 Å². The topological polar surface area (TPSA) is 30.7 Å². The molecule has 0 aliphatic rings. The molecule has 0 aromatic carbocycles. The van der Waals surface area contributed by atoms with E-state index in [9.17, 15) is 0 Å². The second kappa shape index (κ2) is 3.01. The maximum Gasteiger partial charge on any atom is 0.177 e. The summed E-state index contributed by atoms with van der Waals surface area (Å²) in [6.45, 7) is 1.99. The molecule has 0 bridgehead atoms. The fourth-order valence-electron chi connectivity index (χ4n) is 1.31. The second-order valence-corrected chi connectivity index (χ2v) is 2.97. The zero-order chi connectivity index (χ0) is 9.26. The van der Waals surface area contributed by atoms with Crippen molar-refractivity contribution in [3.63, 3.8) is 0 Å². The summed E-state index contributed by atoms with van der Waals surface area (Å²) in [6.07, 6.45) is 7.63. The lowest BCUT2D eigenvalue weighted by molar-refractivity contribution is 0.947. The molecule has 0 radical (unpaired) electrons. The lowest BCUT2D eigenvalue weighted by Crippen LogP contribution is -1.85. The molecule has 13 heavy (non-hydrogen) atoms. The lowest BCUT2D eigenvalue weighted by atomic mass is 10.2. The molecule has 0 unspecified atom stereocenters. The molecule has 0 saturated carbocycles. The van der Waals surface area contributed by atoms with E-state index in [0.717, 1.165) is 16.7 Å². The first-order valence-corrected chi connectivity index (χ1v) is 4.21. The zero-order valence-corrected chi connectivity index (χ0v) is 7.73. The highest BCUT2D eigenvalue weighted by atomic mass is 15.0. The highest BCUT2D eigenvalue weighted by Crippen LogP contribution is 2.11. The van der Waals surface area contributed by atoms with Gasteiger partial charge in [0.15, 0.2) is 5.65 Å². The molecule has 2 rings (SSSR count). The molecule has 0 aliphatic carbocycles. The number of pyridine rings is 1. The number of rotatable bonds is 1. The van der Waals surface area contributed by atoms with Crippen molar-refractivity contribution in [2.75, 3.05) is 0 Å². The molecule has 0 fully saturated rings. The van der Waals surface area contributed by atoms with Crippen LogP contribution in [0.3, 0.4) is 0 Å². The monoisotopic (exact) mass is 173 g/mol. The van der Waals surface area contributed by atoms with E-state index in [-0.39, 0.29) is 0 Å². The molecule has 3 nitrogen and oxygen atoms in total. The van der Waals surface area contributed by atoms with Gasteiger partial charge in [-0.3, -0.25) is 0 Å². The number of imidazole rings is 1. The molecule has 0 spiro atoms. The van der Waals surface area contributed by atoms with Crippen LogP contribution in [0.1, 0.15) is 12.5 Å². The second-order valence-electron chi connectivity index (χ2n) is 2.97. The van der Waals surface area contributed by atoms with Gasteiger partial charge in [-0.2, -0.15) is 0 Å². The predicted molar refractivity (Wildman–Crippen MR) is 53.2 cm³/mol. The first kappa shape index (κ1) is 7.98. The van der Waals surface area contributed by atoms with Gasteiger partial charge in [-0.1, -0.05) is 12.2 Å². The molecule has 0 amide bonds. The Morgan fingerprint density at radius 1 is 1.38 bits per heavy atom. The summed E-state index contributed by atoms with van der Waals surface area (Å²) in [5.74, 6) is 0. The summed E-state index contributed by atoms with van der Waals surface area (Å²) in [5.41, 5.74) is 2.98. The number of fused-ring (bicyclic) bond motifs is 1. The average molecular weight is 173 g/mol. The average Bonchev–Trinajstić information content (AvgIpc) is 2.49. The third kappa shape index (κ3) is 1.33. The molecule has 3 heteroatoms. The van der Waals surface area contributed by atoms with E-state index < -0.39 is 0 Å². The van der Waals surface area contributed by atoms with E-state index in [1.54, 1.807) is 6.33 Å². The minimum absolute atomic E-state index is 0.802. The number of hydrogen-bond acceptors (Lipinski definition) is 2. The molecule has 0 atom stereocenters. The van der Waals surface area contributed by atoms with E-state index in [0.29, 0.717) is 0 Å². The van der Waals surface area contributed by atoms with Gasteiger partial charge in [-0.25, -0.2) is 9.97 Å². The Hall–Kier alpha value is -1.64. The normalized spacial score (nSPS) is 11.5. The van der Waals surface area contributed by atoms with Crippen LogP contribution < -0.4 is 0 Å². The van der Waals surface area contributed by atoms with Crippen molar-refractivity contribution in [3.05, 3.63) is 30.2 Å². The minimum atomic E-state index is 0.802. The number of aryl methyl sites for hydroxylation is 1. The van der Waals surface area contributed by atoms with E-state index >= 15 is 0 Å². The van der Waals surface area contributed by atoms with Crippen LogP contribution in [0.15, 0.2) is 24.7 Å². The standard InChI is InChI=1S/C10H11N3/c1-3-4-8-5-9-10(11-6-8)12-7-13(9)2/h3-7H,1-2H3/b4-3+. The number of nitrogens with zero attached hydrogens (tertiary/aromatic N) is 3. The van der Waals surface area contributed by atoms with Gasteiger partial charge in [-0.15, -0.1) is 0 Å². The van der Waals surface area contributed by atoms with Crippen LogP contribution in [-0.2, 0) is 7.05 Å². The third-order valence-electron chi connectivity index (χ3n) is 1.96. The van der Waals surface area contributed by atoms with E-state index in [1.165, 1.54) is 0 Å². The van der Waals surface area contributed by atoms with Gasteiger partial charge in [0.25, 0.3) is 0 Å². The Kier molecular flexibility index (Phi) is 1.85. The summed E-state index contributed by atoms with van der Waals surface area (Å²) < 4.78 is 1.97. The minimum Gasteiger partial charge on any atom is -0.332 e. The Labute approximate surface area is 76.7 Å². The molecule has 2 heterocycles. The maximum absolute atomic E-state index is 4.24. The van der Waals surface area contributed by atoms with Gasteiger partial charge in [0, 0.05) is 13.2 Å². The lowest BCUT2D eigenvalue weighted by Gasteiger charge is -1.95. The van der Waals surface area contributed by atoms with Crippen molar-refractivity contribution < 1.29 is 0 Å². The summed E-state index contributed by atoms with van der Waals surface area (Å²) in [5, 5.41) is 0. The highest BCUT2D eigenvalue weighted by molar-refractivity contribution is 5.73. The molecule has 2 aromatic rings. The SMILES string of the molecule is C/C=C/c1cnc2ncn(C)c2c1. The van der Waals surface area contributed by atoms with Crippen molar-refractivity contribution in [3.8, 4) is 0 Å². The Bertz CT molecular complexity index is 454. The molecular formula is C10H11N3. The van der Waals surface area contributed by atoms with Crippen molar-refractivity contribution in [2.45, 2.75) is 6.92 Å². The first-order chi connectivity index (χ1) is 6.31. The van der Waals surface area contributed by atoms with Gasteiger partial charge in [-0.05, 0) is 18.6 Å². The van der Waals surface area contributed by atoms with Crippen LogP contribution in [0.25, 0.3) is 17.2 Å². The zero-order valence-electron chi connectivity index (χ0n) is 7.73. The molecule has 66 valence electrons.